The van der Waals surface area contributed by atoms with E-state index in [0.29, 0.717) is 17.4 Å². The Hall–Kier alpha value is -5.56. The zero-order chi connectivity index (χ0) is 26.0. The normalized spacial score (nSPS) is 11.1. The monoisotopic (exact) mass is 506 g/mol. The molecule has 4 aromatic heterocycles. The van der Waals surface area contributed by atoms with E-state index >= 15 is 0 Å². The summed E-state index contributed by atoms with van der Waals surface area (Å²) < 4.78 is 6.23. The summed E-state index contributed by atoms with van der Waals surface area (Å²) in [5.74, 6) is 1.90. The van der Waals surface area contributed by atoms with Crippen molar-refractivity contribution in [3.05, 3.63) is 122 Å². The van der Waals surface area contributed by atoms with Gasteiger partial charge in [-0.15, -0.1) is 10.2 Å². The Bertz CT molecular complexity index is 1920. The Kier molecular flexibility index (Phi) is 5.64. The summed E-state index contributed by atoms with van der Waals surface area (Å²) in [6.07, 6.45) is 5.39. The number of rotatable bonds is 6. The lowest BCUT2D eigenvalue weighted by Crippen LogP contribution is -1.99. The van der Waals surface area contributed by atoms with Gasteiger partial charge in [0.25, 0.3) is 0 Å². The molecule has 3 aromatic carbocycles. The number of pyridine rings is 2. The Morgan fingerprint density at radius 2 is 1.44 bits per heavy atom. The van der Waals surface area contributed by atoms with Gasteiger partial charge in [-0.25, -0.2) is 9.97 Å². The van der Waals surface area contributed by atoms with Gasteiger partial charge in [0.15, 0.2) is 5.82 Å². The lowest BCUT2D eigenvalue weighted by molar-refractivity contribution is 0.465. The van der Waals surface area contributed by atoms with Crippen LogP contribution in [0.2, 0.25) is 0 Å². The van der Waals surface area contributed by atoms with Crippen molar-refractivity contribution < 1.29 is 4.74 Å². The summed E-state index contributed by atoms with van der Waals surface area (Å²) in [6.45, 7) is 0. The van der Waals surface area contributed by atoms with Crippen molar-refractivity contribution in [2.75, 3.05) is 5.32 Å². The first-order valence-electron chi connectivity index (χ1n) is 12.6. The highest BCUT2D eigenvalue weighted by molar-refractivity contribution is 6.00. The zero-order valence-corrected chi connectivity index (χ0v) is 20.7. The van der Waals surface area contributed by atoms with Crippen LogP contribution in [0.5, 0.6) is 11.6 Å². The Balaban J connectivity index is 1.16. The molecule has 0 bridgehead atoms. The zero-order valence-electron chi connectivity index (χ0n) is 20.7. The molecule has 4 heterocycles. The summed E-state index contributed by atoms with van der Waals surface area (Å²) in [7, 11) is 0. The summed E-state index contributed by atoms with van der Waals surface area (Å²) in [6, 6.07) is 33.9. The minimum Gasteiger partial charge on any atom is -0.438 e. The fourth-order valence-corrected chi connectivity index (χ4v) is 4.73. The number of nitrogens with one attached hydrogen (secondary N) is 2. The van der Waals surface area contributed by atoms with Gasteiger partial charge in [0.05, 0.1) is 0 Å². The maximum atomic E-state index is 6.23. The van der Waals surface area contributed by atoms with Crippen molar-refractivity contribution in [1.29, 1.82) is 0 Å². The molecule has 7 aromatic rings. The minimum atomic E-state index is 0.528. The van der Waals surface area contributed by atoms with E-state index in [2.05, 4.69) is 42.6 Å². The lowest BCUT2D eigenvalue weighted by Gasteiger charge is -2.13. The van der Waals surface area contributed by atoms with E-state index in [1.165, 1.54) is 0 Å². The minimum absolute atomic E-state index is 0.528. The average molecular weight is 507 g/mol. The number of hydrogen-bond donors (Lipinski definition) is 2. The molecular weight excluding hydrogens is 484 g/mol. The molecule has 0 fully saturated rings. The standard InChI is InChI=1S/C32H22N6O/c1-2-7-21(8-3-1)29-25-9-4-5-10-26(25)31(38-37-29)36-22-12-14-23(15-13-22)39-32-28(11-6-18-35-32)24-16-19-33-30-27(24)17-20-34-30/h1-20H,(H,33,34)(H,36,38). The molecule has 0 saturated heterocycles. The number of fused-ring (bicyclic) bond motifs is 2. The topological polar surface area (TPSA) is 88.6 Å². The van der Waals surface area contributed by atoms with E-state index in [4.69, 9.17) is 4.74 Å². The lowest BCUT2D eigenvalue weighted by atomic mass is 10.0. The molecule has 7 heteroatoms. The molecule has 0 amide bonds. The Labute approximate surface area is 224 Å². The number of aromatic amines is 1. The first kappa shape index (κ1) is 22.6. The van der Waals surface area contributed by atoms with E-state index in [1.807, 2.05) is 97.2 Å². The van der Waals surface area contributed by atoms with Crippen molar-refractivity contribution in [2.24, 2.45) is 0 Å². The molecule has 186 valence electrons. The summed E-state index contributed by atoms with van der Waals surface area (Å²) in [4.78, 5) is 12.1. The predicted octanol–water partition coefficient (Wildman–Crippen LogP) is 7.77. The molecule has 2 N–H and O–H groups in total. The highest BCUT2D eigenvalue weighted by atomic mass is 16.5. The maximum absolute atomic E-state index is 6.23. The van der Waals surface area contributed by atoms with Gasteiger partial charge < -0.3 is 15.0 Å². The van der Waals surface area contributed by atoms with Crippen molar-refractivity contribution in [2.45, 2.75) is 0 Å². The first-order valence-corrected chi connectivity index (χ1v) is 12.6. The van der Waals surface area contributed by atoms with Crippen molar-refractivity contribution in [3.8, 4) is 34.0 Å². The van der Waals surface area contributed by atoms with Crippen LogP contribution in [-0.4, -0.2) is 25.1 Å². The second kappa shape index (κ2) is 9.72. The molecule has 39 heavy (non-hydrogen) atoms. The van der Waals surface area contributed by atoms with Crippen molar-refractivity contribution in [3.63, 3.8) is 0 Å². The number of nitrogens with zero attached hydrogens (tertiary/aromatic N) is 4. The number of ether oxygens (including phenoxy) is 1. The molecule has 0 radical (unpaired) electrons. The van der Waals surface area contributed by atoms with Crippen LogP contribution in [0.15, 0.2) is 122 Å². The number of anilines is 2. The molecule has 0 aliphatic rings. The summed E-state index contributed by atoms with van der Waals surface area (Å²) in [5.41, 5.74) is 5.49. The molecule has 0 spiro atoms. The second-order valence-corrected chi connectivity index (χ2v) is 9.01. The maximum Gasteiger partial charge on any atom is 0.227 e. The van der Waals surface area contributed by atoms with Gasteiger partial charge in [-0.1, -0.05) is 54.6 Å². The third kappa shape index (κ3) is 4.32. The van der Waals surface area contributed by atoms with E-state index in [1.54, 1.807) is 12.4 Å². The van der Waals surface area contributed by atoms with E-state index in [9.17, 15) is 0 Å². The van der Waals surface area contributed by atoms with Gasteiger partial charge in [0, 0.05) is 51.6 Å². The van der Waals surface area contributed by atoms with Gasteiger partial charge in [0.1, 0.15) is 17.1 Å². The van der Waals surface area contributed by atoms with E-state index in [0.717, 1.165) is 49.9 Å². The van der Waals surface area contributed by atoms with Crippen LogP contribution in [0.4, 0.5) is 11.5 Å². The van der Waals surface area contributed by atoms with Crippen LogP contribution >= 0.6 is 0 Å². The number of aromatic nitrogens is 5. The van der Waals surface area contributed by atoms with E-state index < -0.39 is 0 Å². The summed E-state index contributed by atoms with van der Waals surface area (Å²) >= 11 is 0. The second-order valence-electron chi connectivity index (χ2n) is 9.01. The Morgan fingerprint density at radius 3 is 2.31 bits per heavy atom. The molecule has 0 atom stereocenters. The number of H-pyrrole nitrogens is 1. The van der Waals surface area contributed by atoms with Crippen LogP contribution in [0, 0.1) is 0 Å². The molecule has 7 nitrogen and oxygen atoms in total. The average Bonchev–Trinajstić information content (AvgIpc) is 3.49. The SMILES string of the molecule is c1ccc(-c2nnc(Nc3ccc(Oc4ncccc4-c4ccnc5[nH]ccc45)cc3)c3ccccc23)cc1. The van der Waals surface area contributed by atoms with Gasteiger partial charge in [-0.3, -0.25) is 0 Å². The molecular formula is C32H22N6O. The molecule has 7 rings (SSSR count). The van der Waals surface area contributed by atoms with Gasteiger partial charge in [0.2, 0.25) is 5.88 Å². The molecule has 0 aliphatic carbocycles. The third-order valence-electron chi connectivity index (χ3n) is 6.59. The van der Waals surface area contributed by atoms with Crippen LogP contribution < -0.4 is 10.1 Å². The van der Waals surface area contributed by atoms with Crippen LogP contribution in [-0.2, 0) is 0 Å². The predicted molar refractivity (Wildman–Crippen MR) is 154 cm³/mol. The van der Waals surface area contributed by atoms with Crippen LogP contribution in [0.25, 0.3) is 44.2 Å². The van der Waals surface area contributed by atoms with Crippen LogP contribution in [0.3, 0.4) is 0 Å². The third-order valence-corrected chi connectivity index (χ3v) is 6.59. The van der Waals surface area contributed by atoms with Gasteiger partial charge in [-0.2, -0.15) is 0 Å². The number of hydrogen-bond acceptors (Lipinski definition) is 6. The molecule has 0 unspecified atom stereocenters. The molecule has 0 aliphatic heterocycles. The fraction of sp³-hybridized carbons (Fsp3) is 0. The quantitative estimate of drug-likeness (QED) is 0.239. The largest absolute Gasteiger partial charge is 0.438 e. The summed E-state index contributed by atoms with van der Waals surface area (Å²) in [5, 5.41) is 15.5. The highest BCUT2D eigenvalue weighted by Gasteiger charge is 2.14. The number of benzene rings is 3. The smallest absolute Gasteiger partial charge is 0.227 e. The first-order chi connectivity index (χ1) is 19.3. The fourth-order valence-electron chi connectivity index (χ4n) is 4.73. The van der Waals surface area contributed by atoms with E-state index in [-0.39, 0.29) is 0 Å². The van der Waals surface area contributed by atoms with Gasteiger partial charge in [-0.05, 0) is 54.1 Å². The highest BCUT2D eigenvalue weighted by Crippen LogP contribution is 2.36. The van der Waals surface area contributed by atoms with Crippen molar-refractivity contribution in [1.82, 2.24) is 25.1 Å². The van der Waals surface area contributed by atoms with Crippen LogP contribution in [0.1, 0.15) is 0 Å². The van der Waals surface area contributed by atoms with Crippen molar-refractivity contribution >= 4 is 33.3 Å². The Morgan fingerprint density at radius 1 is 0.615 bits per heavy atom. The van der Waals surface area contributed by atoms with Gasteiger partial charge >= 0.3 is 0 Å². The molecule has 0 saturated carbocycles.